The molecule has 112 valence electrons. The Morgan fingerprint density at radius 2 is 2.33 bits per heavy atom. The zero-order chi connectivity index (χ0) is 15.2. The van der Waals surface area contributed by atoms with Gasteiger partial charge in [0.05, 0.1) is 13.5 Å². The minimum atomic E-state index is -0.173. The number of ether oxygens (including phenoxy) is 1. The molecule has 6 nitrogen and oxygen atoms in total. The molecule has 1 atom stereocenters. The highest BCUT2D eigenvalue weighted by Gasteiger charge is 2.25. The molecule has 1 fully saturated rings. The predicted molar refractivity (Wildman–Crippen MR) is 78.8 cm³/mol. The van der Waals surface area contributed by atoms with Gasteiger partial charge in [-0.3, -0.25) is 9.69 Å². The normalized spacial score (nSPS) is 19.1. The summed E-state index contributed by atoms with van der Waals surface area (Å²) in [5.41, 5.74) is 0.438. The third-order valence-corrected chi connectivity index (χ3v) is 3.71. The van der Waals surface area contributed by atoms with Gasteiger partial charge in [0.1, 0.15) is 17.6 Å². The van der Waals surface area contributed by atoms with E-state index < -0.39 is 0 Å². The van der Waals surface area contributed by atoms with Crippen LogP contribution in [0.2, 0.25) is 0 Å². The van der Waals surface area contributed by atoms with Gasteiger partial charge in [0.15, 0.2) is 0 Å². The summed E-state index contributed by atoms with van der Waals surface area (Å²) >= 11 is 0. The Morgan fingerprint density at radius 3 is 3.00 bits per heavy atom. The maximum Gasteiger partial charge on any atom is 0.306 e. The molecule has 0 radical (unpaired) electrons. The monoisotopic (exact) mass is 288 g/mol. The lowest BCUT2D eigenvalue weighted by atomic mass is 10.1. The summed E-state index contributed by atoms with van der Waals surface area (Å²) in [6.45, 7) is 5.43. The molecule has 2 heterocycles. The summed E-state index contributed by atoms with van der Waals surface area (Å²) in [6, 6.07) is 7.86. The number of carbonyl (C=O) groups is 1. The van der Waals surface area contributed by atoms with Crippen LogP contribution in [0, 0.1) is 11.3 Å². The highest BCUT2D eigenvalue weighted by atomic mass is 16.5. The summed E-state index contributed by atoms with van der Waals surface area (Å²) < 4.78 is 4.67. The molecule has 0 amide bonds. The number of anilines is 1. The molecule has 1 saturated heterocycles. The minimum Gasteiger partial charge on any atom is -0.469 e. The minimum absolute atomic E-state index is 0.173. The largest absolute Gasteiger partial charge is 0.469 e. The number of nitrogens with zero attached hydrogens (tertiary/aromatic N) is 4. The number of esters is 1. The van der Waals surface area contributed by atoms with E-state index in [4.69, 9.17) is 5.26 Å². The van der Waals surface area contributed by atoms with Crippen molar-refractivity contribution in [3.63, 3.8) is 0 Å². The smallest absolute Gasteiger partial charge is 0.306 e. The van der Waals surface area contributed by atoms with Crippen LogP contribution < -0.4 is 4.90 Å². The molecule has 0 saturated carbocycles. The summed E-state index contributed by atoms with van der Waals surface area (Å²) in [5, 5.41) is 8.93. The third kappa shape index (κ3) is 3.92. The summed E-state index contributed by atoms with van der Waals surface area (Å²) in [6.07, 6.45) is 0.422. The second-order valence-corrected chi connectivity index (χ2v) is 5.16. The van der Waals surface area contributed by atoms with Crippen molar-refractivity contribution in [3.05, 3.63) is 23.9 Å². The maximum atomic E-state index is 11.2. The fraction of sp³-hybridized carbons (Fsp3) is 0.533. The molecule has 1 aromatic rings. The second kappa shape index (κ2) is 7.04. The Kier molecular flexibility index (Phi) is 5.12. The van der Waals surface area contributed by atoms with Crippen molar-refractivity contribution in [2.45, 2.75) is 19.4 Å². The average molecular weight is 288 g/mol. The van der Waals surface area contributed by atoms with Crippen LogP contribution >= 0.6 is 0 Å². The number of methoxy groups -OCH3 is 1. The van der Waals surface area contributed by atoms with E-state index in [1.54, 1.807) is 6.07 Å². The van der Waals surface area contributed by atoms with Crippen LogP contribution in [0.4, 0.5) is 5.82 Å². The second-order valence-electron chi connectivity index (χ2n) is 5.16. The quantitative estimate of drug-likeness (QED) is 0.771. The number of carbonyl (C=O) groups excluding carboxylic acids is 1. The molecule has 0 aromatic carbocycles. The van der Waals surface area contributed by atoms with Gasteiger partial charge in [-0.15, -0.1) is 0 Å². The van der Waals surface area contributed by atoms with E-state index in [1.165, 1.54) is 7.11 Å². The fourth-order valence-corrected chi connectivity index (χ4v) is 2.57. The lowest BCUT2D eigenvalue weighted by Crippen LogP contribution is -2.52. The Labute approximate surface area is 124 Å². The number of pyridine rings is 1. The molecule has 6 heteroatoms. The first-order chi connectivity index (χ1) is 10.1. The van der Waals surface area contributed by atoms with E-state index in [2.05, 4.69) is 32.5 Å². The standard InChI is InChI=1S/C15H20N4O2/c1-12-11-18(7-6-15(20)21-2)8-9-19(12)14-5-3-4-13(10-16)17-14/h3-5,12H,6-9,11H2,1-2H3. The van der Waals surface area contributed by atoms with Gasteiger partial charge < -0.3 is 9.64 Å². The van der Waals surface area contributed by atoms with E-state index in [9.17, 15) is 4.79 Å². The molecule has 1 aliphatic rings. The summed E-state index contributed by atoms with van der Waals surface area (Å²) in [7, 11) is 1.41. The number of nitriles is 1. The number of piperazine rings is 1. The van der Waals surface area contributed by atoms with Crippen molar-refractivity contribution in [1.29, 1.82) is 5.26 Å². The molecule has 2 rings (SSSR count). The van der Waals surface area contributed by atoms with Crippen LogP contribution in [0.25, 0.3) is 0 Å². The van der Waals surface area contributed by atoms with E-state index in [0.717, 1.165) is 32.0 Å². The van der Waals surface area contributed by atoms with Crippen molar-refractivity contribution in [3.8, 4) is 6.07 Å². The van der Waals surface area contributed by atoms with E-state index >= 15 is 0 Å². The lowest BCUT2D eigenvalue weighted by Gasteiger charge is -2.40. The van der Waals surface area contributed by atoms with Gasteiger partial charge in [-0.25, -0.2) is 4.98 Å². The molecule has 0 bridgehead atoms. The van der Waals surface area contributed by atoms with Gasteiger partial charge in [0.25, 0.3) is 0 Å². The Hall–Kier alpha value is -2.13. The number of hydrogen-bond donors (Lipinski definition) is 0. The Balaban J connectivity index is 1.94. The van der Waals surface area contributed by atoms with Crippen LogP contribution in [0.5, 0.6) is 0 Å². The number of rotatable bonds is 4. The zero-order valence-corrected chi connectivity index (χ0v) is 12.5. The summed E-state index contributed by atoms with van der Waals surface area (Å²) in [4.78, 5) is 20.0. The Morgan fingerprint density at radius 1 is 1.52 bits per heavy atom. The molecule has 0 spiro atoms. The molecular formula is C15H20N4O2. The first-order valence-electron chi connectivity index (χ1n) is 7.07. The molecule has 21 heavy (non-hydrogen) atoms. The number of hydrogen-bond acceptors (Lipinski definition) is 6. The van der Waals surface area contributed by atoms with Gasteiger partial charge in [-0.1, -0.05) is 6.07 Å². The van der Waals surface area contributed by atoms with Crippen molar-refractivity contribution >= 4 is 11.8 Å². The zero-order valence-electron chi connectivity index (χ0n) is 12.5. The molecule has 1 aliphatic heterocycles. The van der Waals surface area contributed by atoms with E-state index in [0.29, 0.717) is 12.1 Å². The third-order valence-electron chi connectivity index (χ3n) is 3.71. The fourth-order valence-electron chi connectivity index (χ4n) is 2.57. The maximum absolute atomic E-state index is 11.2. The van der Waals surface area contributed by atoms with Crippen molar-refractivity contribution in [2.24, 2.45) is 0 Å². The van der Waals surface area contributed by atoms with Gasteiger partial charge in [0, 0.05) is 32.2 Å². The summed E-state index contributed by atoms with van der Waals surface area (Å²) in [5.74, 6) is 0.669. The highest BCUT2D eigenvalue weighted by Crippen LogP contribution is 2.18. The topological polar surface area (TPSA) is 69.5 Å². The van der Waals surface area contributed by atoms with Crippen LogP contribution in [0.1, 0.15) is 19.0 Å². The van der Waals surface area contributed by atoms with E-state index in [1.807, 2.05) is 12.1 Å². The van der Waals surface area contributed by atoms with E-state index in [-0.39, 0.29) is 12.0 Å². The van der Waals surface area contributed by atoms with Crippen LogP contribution in [-0.4, -0.2) is 55.2 Å². The van der Waals surface area contributed by atoms with Gasteiger partial charge in [-0.2, -0.15) is 5.26 Å². The Bertz CT molecular complexity index is 541. The van der Waals surface area contributed by atoms with Crippen LogP contribution in [0.3, 0.4) is 0 Å². The van der Waals surface area contributed by atoms with Crippen LogP contribution in [-0.2, 0) is 9.53 Å². The molecule has 0 N–H and O–H groups in total. The van der Waals surface area contributed by atoms with Crippen molar-refractivity contribution in [2.75, 3.05) is 38.2 Å². The SMILES string of the molecule is COC(=O)CCN1CCN(c2cccc(C#N)n2)C(C)C1. The number of aromatic nitrogens is 1. The lowest BCUT2D eigenvalue weighted by molar-refractivity contribution is -0.141. The van der Waals surface area contributed by atoms with Crippen LogP contribution in [0.15, 0.2) is 18.2 Å². The molecular weight excluding hydrogens is 268 g/mol. The first-order valence-corrected chi connectivity index (χ1v) is 7.07. The van der Waals surface area contributed by atoms with Crippen molar-refractivity contribution in [1.82, 2.24) is 9.88 Å². The van der Waals surface area contributed by atoms with Gasteiger partial charge >= 0.3 is 5.97 Å². The highest BCUT2D eigenvalue weighted by molar-refractivity contribution is 5.69. The molecule has 1 unspecified atom stereocenters. The molecule has 0 aliphatic carbocycles. The molecule has 1 aromatic heterocycles. The predicted octanol–water partition coefficient (Wildman–Crippen LogP) is 1.03. The first kappa shape index (κ1) is 15.3. The van der Waals surface area contributed by atoms with Gasteiger partial charge in [0.2, 0.25) is 0 Å². The van der Waals surface area contributed by atoms with Gasteiger partial charge in [-0.05, 0) is 19.1 Å². The average Bonchev–Trinajstić information content (AvgIpc) is 2.52. The van der Waals surface area contributed by atoms with Crippen molar-refractivity contribution < 1.29 is 9.53 Å².